The maximum Gasteiger partial charge on any atom is 0.323 e. The van der Waals surface area contributed by atoms with Crippen molar-refractivity contribution in [2.75, 3.05) is 24.6 Å². The number of carbonyl (C=O) groups excluding carboxylic acids is 1. The van der Waals surface area contributed by atoms with Crippen LogP contribution in [0.5, 0.6) is 11.5 Å². The van der Waals surface area contributed by atoms with Gasteiger partial charge in [-0.05, 0) is 67.4 Å². The van der Waals surface area contributed by atoms with E-state index in [1.807, 2.05) is 83.7 Å². The van der Waals surface area contributed by atoms with Gasteiger partial charge in [-0.2, -0.15) is 5.10 Å². The van der Waals surface area contributed by atoms with Crippen molar-refractivity contribution in [3.8, 4) is 11.5 Å². The molecule has 5 rings (SSSR count). The van der Waals surface area contributed by atoms with Gasteiger partial charge >= 0.3 is 6.03 Å². The summed E-state index contributed by atoms with van der Waals surface area (Å²) in [6.45, 7) is 3.30. The van der Waals surface area contributed by atoms with Gasteiger partial charge in [0.2, 0.25) is 0 Å². The number of nitrogens with one attached hydrogen (secondary N) is 1. The van der Waals surface area contributed by atoms with Crippen molar-refractivity contribution in [3.63, 3.8) is 0 Å². The number of nitrogens with two attached hydrogens (primary N) is 1. The number of para-hydroxylation sites is 1. The third kappa shape index (κ3) is 5.62. The first-order chi connectivity index (χ1) is 17.2. The Labute approximate surface area is 204 Å². The highest BCUT2D eigenvalue weighted by molar-refractivity contribution is 6.00. The van der Waals surface area contributed by atoms with E-state index in [1.165, 1.54) is 4.90 Å². The number of rotatable bonds is 9. The number of amides is 2. The lowest BCUT2D eigenvalue weighted by Gasteiger charge is -2.21. The Morgan fingerprint density at radius 1 is 1.09 bits per heavy atom. The van der Waals surface area contributed by atoms with E-state index >= 15 is 0 Å². The fourth-order valence-electron chi connectivity index (χ4n) is 4.26. The lowest BCUT2D eigenvalue weighted by atomic mass is 10.2. The Bertz CT molecular complexity index is 1270. The summed E-state index contributed by atoms with van der Waals surface area (Å²) in [6, 6.07) is 21.9. The molecular weight excluding hydrogens is 442 g/mol. The molecule has 1 fully saturated rings. The number of nitrogens with zero attached hydrogens (tertiary/aromatic N) is 3. The lowest BCUT2D eigenvalue weighted by Crippen LogP contribution is -2.31. The number of carbonyl (C=O) groups is 1. The molecule has 1 atom stereocenters. The molecule has 1 aliphatic rings. The summed E-state index contributed by atoms with van der Waals surface area (Å²) in [5.74, 6) is 1.42. The minimum atomic E-state index is -0.571. The minimum Gasteiger partial charge on any atom is -0.457 e. The highest BCUT2D eigenvalue weighted by atomic mass is 16.5. The van der Waals surface area contributed by atoms with Crippen LogP contribution in [-0.4, -0.2) is 41.6 Å². The SMILES string of the molecule is NC(=O)N(c1ccc(Oc2ccccc2)cc1)c1ccc2cn(CCNCC3CCCO3)nc2c1. The van der Waals surface area contributed by atoms with Gasteiger partial charge in [0.05, 0.1) is 29.5 Å². The highest BCUT2D eigenvalue weighted by Gasteiger charge is 2.17. The summed E-state index contributed by atoms with van der Waals surface area (Å²) in [7, 11) is 0. The van der Waals surface area contributed by atoms with Gasteiger partial charge in [-0.25, -0.2) is 4.79 Å². The van der Waals surface area contributed by atoms with E-state index in [9.17, 15) is 4.79 Å². The van der Waals surface area contributed by atoms with Crippen molar-refractivity contribution >= 4 is 28.3 Å². The minimum absolute atomic E-state index is 0.327. The second-order valence-corrected chi connectivity index (χ2v) is 8.56. The Kier molecular flexibility index (Phi) is 6.92. The molecule has 1 aromatic heterocycles. The number of aromatic nitrogens is 2. The van der Waals surface area contributed by atoms with Crippen LogP contribution in [0.15, 0.2) is 79.0 Å². The van der Waals surface area contributed by atoms with Crippen LogP contribution in [0.2, 0.25) is 0 Å². The van der Waals surface area contributed by atoms with Crippen LogP contribution in [0.4, 0.5) is 16.2 Å². The molecule has 1 unspecified atom stereocenters. The molecule has 2 heterocycles. The molecule has 35 heavy (non-hydrogen) atoms. The Morgan fingerprint density at radius 2 is 1.86 bits per heavy atom. The van der Waals surface area contributed by atoms with E-state index in [0.717, 1.165) is 55.7 Å². The molecule has 4 aromatic rings. The Balaban J connectivity index is 1.27. The van der Waals surface area contributed by atoms with E-state index in [-0.39, 0.29) is 0 Å². The largest absolute Gasteiger partial charge is 0.457 e. The number of primary amides is 1. The molecule has 2 amide bonds. The van der Waals surface area contributed by atoms with E-state index in [1.54, 1.807) is 0 Å². The Morgan fingerprint density at radius 3 is 2.60 bits per heavy atom. The zero-order valence-electron chi connectivity index (χ0n) is 19.5. The third-order valence-electron chi connectivity index (χ3n) is 6.00. The molecule has 0 aliphatic carbocycles. The molecule has 3 aromatic carbocycles. The van der Waals surface area contributed by atoms with Gasteiger partial charge in [-0.1, -0.05) is 18.2 Å². The standard InChI is InChI=1S/C27H29N5O3/c28-27(33)32(21-10-12-24(13-11-21)35-23-5-2-1-3-6-23)22-9-8-20-19-31(30-26(20)17-22)15-14-29-18-25-7-4-16-34-25/h1-3,5-6,8-13,17,19,25,29H,4,7,14-16,18H2,(H2,28,33). The first-order valence-corrected chi connectivity index (χ1v) is 11.9. The van der Waals surface area contributed by atoms with Gasteiger partial charge in [0.25, 0.3) is 0 Å². The first kappa shape index (κ1) is 22.9. The summed E-state index contributed by atoms with van der Waals surface area (Å²) < 4.78 is 13.4. The van der Waals surface area contributed by atoms with Crippen LogP contribution in [0.3, 0.4) is 0 Å². The van der Waals surface area contributed by atoms with Gasteiger partial charge in [0.15, 0.2) is 0 Å². The van der Waals surface area contributed by atoms with E-state index in [2.05, 4.69) is 10.4 Å². The average Bonchev–Trinajstić information content (AvgIpc) is 3.53. The van der Waals surface area contributed by atoms with Crippen LogP contribution < -0.4 is 20.7 Å². The molecule has 180 valence electrons. The monoisotopic (exact) mass is 471 g/mol. The van der Waals surface area contributed by atoms with E-state index in [4.69, 9.17) is 15.2 Å². The predicted molar refractivity (Wildman–Crippen MR) is 136 cm³/mol. The second kappa shape index (κ2) is 10.6. The number of ether oxygens (including phenoxy) is 2. The summed E-state index contributed by atoms with van der Waals surface area (Å²) >= 11 is 0. The molecular formula is C27H29N5O3. The number of hydrogen-bond acceptors (Lipinski definition) is 5. The van der Waals surface area contributed by atoms with Gasteiger partial charge in [0, 0.05) is 31.3 Å². The maximum absolute atomic E-state index is 12.4. The smallest absolute Gasteiger partial charge is 0.323 e. The molecule has 8 heteroatoms. The van der Waals surface area contributed by atoms with Crippen molar-refractivity contribution in [1.82, 2.24) is 15.1 Å². The number of hydrogen-bond donors (Lipinski definition) is 2. The van der Waals surface area contributed by atoms with Crippen LogP contribution >= 0.6 is 0 Å². The van der Waals surface area contributed by atoms with Crippen LogP contribution in [0.1, 0.15) is 12.8 Å². The average molecular weight is 472 g/mol. The molecule has 0 spiro atoms. The summed E-state index contributed by atoms with van der Waals surface area (Å²) in [5.41, 5.74) is 7.86. The molecule has 8 nitrogen and oxygen atoms in total. The van der Waals surface area contributed by atoms with Crippen molar-refractivity contribution in [2.45, 2.75) is 25.5 Å². The lowest BCUT2D eigenvalue weighted by molar-refractivity contribution is 0.110. The molecule has 1 aliphatic heterocycles. The number of anilines is 2. The number of benzene rings is 3. The Hall–Kier alpha value is -3.88. The zero-order chi connectivity index (χ0) is 24.0. The summed E-state index contributed by atoms with van der Waals surface area (Å²) in [4.78, 5) is 13.8. The molecule has 0 bridgehead atoms. The van der Waals surface area contributed by atoms with Crippen LogP contribution in [0.25, 0.3) is 10.9 Å². The van der Waals surface area contributed by atoms with Crippen LogP contribution in [-0.2, 0) is 11.3 Å². The van der Waals surface area contributed by atoms with E-state index in [0.29, 0.717) is 23.2 Å². The highest BCUT2D eigenvalue weighted by Crippen LogP contribution is 2.30. The molecule has 0 radical (unpaired) electrons. The van der Waals surface area contributed by atoms with Gasteiger partial charge < -0.3 is 20.5 Å². The van der Waals surface area contributed by atoms with E-state index < -0.39 is 6.03 Å². The number of fused-ring (bicyclic) bond motifs is 1. The topological polar surface area (TPSA) is 94.6 Å². The van der Waals surface area contributed by atoms with Crippen LogP contribution in [0, 0.1) is 0 Å². The quantitative estimate of drug-likeness (QED) is 0.342. The van der Waals surface area contributed by atoms with Gasteiger partial charge in [-0.3, -0.25) is 9.58 Å². The normalized spacial score (nSPS) is 15.4. The predicted octanol–water partition coefficient (Wildman–Crippen LogP) is 4.81. The molecule has 3 N–H and O–H groups in total. The zero-order valence-corrected chi connectivity index (χ0v) is 19.5. The first-order valence-electron chi connectivity index (χ1n) is 11.9. The molecule has 1 saturated heterocycles. The molecule has 0 saturated carbocycles. The van der Waals surface area contributed by atoms with Crippen molar-refractivity contribution in [1.29, 1.82) is 0 Å². The summed E-state index contributed by atoms with van der Waals surface area (Å²) in [5, 5.41) is 9.13. The van der Waals surface area contributed by atoms with Crippen molar-refractivity contribution in [2.24, 2.45) is 5.73 Å². The van der Waals surface area contributed by atoms with Crippen molar-refractivity contribution in [3.05, 3.63) is 79.0 Å². The third-order valence-corrected chi connectivity index (χ3v) is 6.00. The summed E-state index contributed by atoms with van der Waals surface area (Å²) in [6.07, 6.45) is 4.61. The van der Waals surface area contributed by atoms with Gasteiger partial charge in [0.1, 0.15) is 11.5 Å². The fraction of sp³-hybridized carbons (Fsp3) is 0.259. The van der Waals surface area contributed by atoms with Gasteiger partial charge in [-0.15, -0.1) is 0 Å². The fourth-order valence-corrected chi connectivity index (χ4v) is 4.26. The van der Waals surface area contributed by atoms with Crippen molar-refractivity contribution < 1.29 is 14.3 Å². The maximum atomic E-state index is 12.4. The number of urea groups is 1. The second-order valence-electron chi connectivity index (χ2n) is 8.56.